The van der Waals surface area contributed by atoms with E-state index < -0.39 is 0 Å². The van der Waals surface area contributed by atoms with Crippen LogP contribution in [0.1, 0.15) is 48.9 Å². The SMILES string of the molecule is CCc1noc(CC)c1CNC(=NC)NCc1cc2c(cc1OC)CC(C)O2.I. The van der Waals surface area contributed by atoms with Gasteiger partial charge in [0, 0.05) is 49.7 Å². The number of hydrogen-bond acceptors (Lipinski definition) is 5. The number of rotatable bonds is 7. The lowest BCUT2D eigenvalue weighted by molar-refractivity contribution is 0.254. The van der Waals surface area contributed by atoms with Gasteiger partial charge in [-0.1, -0.05) is 19.0 Å². The van der Waals surface area contributed by atoms with E-state index >= 15 is 0 Å². The van der Waals surface area contributed by atoms with Crippen molar-refractivity contribution in [2.45, 2.75) is 59.2 Å². The van der Waals surface area contributed by atoms with E-state index in [1.807, 2.05) is 0 Å². The summed E-state index contributed by atoms with van der Waals surface area (Å²) in [7, 11) is 3.46. The maximum absolute atomic E-state index is 5.88. The normalized spacial score (nSPS) is 15.3. The topological polar surface area (TPSA) is 80.9 Å². The summed E-state index contributed by atoms with van der Waals surface area (Å²) in [6.07, 6.45) is 2.79. The van der Waals surface area contributed by atoms with Crippen LogP contribution in [0.15, 0.2) is 21.6 Å². The highest BCUT2D eigenvalue weighted by molar-refractivity contribution is 14.0. The zero-order chi connectivity index (χ0) is 20.1. The first kappa shape index (κ1) is 23.3. The molecule has 160 valence electrons. The van der Waals surface area contributed by atoms with Crippen molar-refractivity contribution in [3.05, 3.63) is 40.3 Å². The number of nitrogens with one attached hydrogen (secondary N) is 2. The largest absolute Gasteiger partial charge is 0.496 e. The molecule has 1 aliphatic heterocycles. The number of hydrogen-bond donors (Lipinski definition) is 2. The van der Waals surface area contributed by atoms with Crippen molar-refractivity contribution in [2.24, 2.45) is 4.99 Å². The average Bonchev–Trinajstić information content (AvgIpc) is 3.28. The summed E-state index contributed by atoms with van der Waals surface area (Å²) in [4.78, 5) is 4.32. The highest BCUT2D eigenvalue weighted by Crippen LogP contribution is 2.34. The number of aryl methyl sites for hydroxylation is 2. The number of aromatic nitrogens is 1. The third-order valence-corrected chi connectivity index (χ3v) is 5.01. The van der Waals surface area contributed by atoms with Gasteiger partial charge >= 0.3 is 0 Å². The van der Waals surface area contributed by atoms with Gasteiger partial charge in [0.25, 0.3) is 0 Å². The molecule has 1 aromatic carbocycles. The minimum Gasteiger partial charge on any atom is -0.496 e. The Morgan fingerprint density at radius 3 is 2.66 bits per heavy atom. The Morgan fingerprint density at radius 1 is 1.24 bits per heavy atom. The van der Waals surface area contributed by atoms with Crippen LogP contribution in [-0.2, 0) is 32.4 Å². The molecule has 0 radical (unpaired) electrons. The number of ether oxygens (including phenoxy) is 2. The van der Waals surface area contributed by atoms with Crippen LogP contribution in [0.3, 0.4) is 0 Å². The number of aliphatic imine (C=N–C) groups is 1. The van der Waals surface area contributed by atoms with Gasteiger partial charge in [-0.15, -0.1) is 24.0 Å². The van der Waals surface area contributed by atoms with E-state index in [-0.39, 0.29) is 30.1 Å². The first-order valence-electron chi connectivity index (χ1n) is 9.86. The molecule has 29 heavy (non-hydrogen) atoms. The quantitative estimate of drug-likeness (QED) is 0.334. The Labute approximate surface area is 189 Å². The molecule has 0 saturated carbocycles. The molecule has 0 saturated heterocycles. The molecule has 1 aliphatic rings. The Kier molecular flexibility index (Phi) is 8.60. The van der Waals surface area contributed by atoms with Crippen molar-refractivity contribution >= 4 is 29.9 Å². The predicted molar refractivity (Wildman–Crippen MR) is 125 cm³/mol. The lowest BCUT2D eigenvalue weighted by atomic mass is 10.1. The van der Waals surface area contributed by atoms with Gasteiger partial charge < -0.3 is 24.6 Å². The number of halogens is 1. The van der Waals surface area contributed by atoms with Gasteiger partial charge in [0.1, 0.15) is 23.4 Å². The van der Waals surface area contributed by atoms with E-state index in [1.165, 1.54) is 5.56 Å². The van der Waals surface area contributed by atoms with Crippen molar-refractivity contribution in [2.75, 3.05) is 14.2 Å². The van der Waals surface area contributed by atoms with Crippen LogP contribution in [0, 0.1) is 0 Å². The molecule has 0 fully saturated rings. The van der Waals surface area contributed by atoms with E-state index in [0.717, 1.165) is 53.3 Å². The summed E-state index contributed by atoms with van der Waals surface area (Å²) in [5.41, 5.74) is 4.34. The maximum atomic E-state index is 5.88. The molecule has 1 atom stereocenters. The predicted octanol–water partition coefficient (Wildman–Crippen LogP) is 3.61. The summed E-state index contributed by atoms with van der Waals surface area (Å²) in [5, 5.41) is 10.9. The van der Waals surface area contributed by atoms with E-state index in [4.69, 9.17) is 14.0 Å². The summed E-state index contributed by atoms with van der Waals surface area (Å²) in [6, 6.07) is 4.13. The zero-order valence-electron chi connectivity index (χ0n) is 17.8. The second-order valence-corrected chi connectivity index (χ2v) is 6.92. The summed E-state index contributed by atoms with van der Waals surface area (Å²) < 4.78 is 16.9. The van der Waals surface area contributed by atoms with Crippen LogP contribution in [0.4, 0.5) is 0 Å². The van der Waals surface area contributed by atoms with Gasteiger partial charge in [-0.25, -0.2) is 0 Å². The zero-order valence-corrected chi connectivity index (χ0v) is 20.1. The Balaban J connectivity index is 0.00000300. The standard InChI is InChI=1S/C21H30N4O3.HI/c1-6-17-16(18(7-2)28-25-17)12-24-21(22-4)23-11-15-10-20-14(8-13(3)27-20)9-19(15)26-5;/h9-10,13H,6-8,11-12H2,1-5H3,(H2,22,23,24);1H. The first-order valence-corrected chi connectivity index (χ1v) is 9.86. The van der Waals surface area contributed by atoms with Gasteiger partial charge in [0.05, 0.1) is 12.8 Å². The first-order chi connectivity index (χ1) is 13.6. The van der Waals surface area contributed by atoms with Crippen LogP contribution in [-0.4, -0.2) is 31.4 Å². The summed E-state index contributed by atoms with van der Waals surface area (Å²) >= 11 is 0. The van der Waals surface area contributed by atoms with E-state index in [1.54, 1.807) is 14.2 Å². The molecule has 7 nitrogen and oxygen atoms in total. The van der Waals surface area contributed by atoms with Crippen LogP contribution >= 0.6 is 24.0 Å². The molecule has 1 aromatic heterocycles. The van der Waals surface area contributed by atoms with E-state index in [2.05, 4.69) is 53.7 Å². The number of benzene rings is 1. The van der Waals surface area contributed by atoms with Crippen LogP contribution in [0.2, 0.25) is 0 Å². The fourth-order valence-electron chi connectivity index (χ4n) is 3.52. The monoisotopic (exact) mass is 514 g/mol. The molecule has 0 amide bonds. The van der Waals surface area contributed by atoms with Crippen molar-refractivity contribution in [3.63, 3.8) is 0 Å². The molecular formula is C21H31IN4O3. The smallest absolute Gasteiger partial charge is 0.191 e. The van der Waals surface area contributed by atoms with Gasteiger partial charge in [0.15, 0.2) is 5.96 Å². The van der Waals surface area contributed by atoms with Gasteiger partial charge in [-0.3, -0.25) is 4.99 Å². The third-order valence-electron chi connectivity index (χ3n) is 5.01. The molecule has 1 unspecified atom stereocenters. The van der Waals surface area contributed by atoms with Crippen LogP contribution in [0.25, 0.3) is 0 Å². The summed E-state index contributed by atoms with van der Waals surface area (Å²) in [6.45, 7) is 7.43. The highest BCUT2D eigenvalue weighted by atomic mass is 127. The van der Waals surface area contributed by atoms with Crippen LogP contribution < -0.4 is 20.1 Å². The maximum Gasteiger partial charge on any atom is 0.191 e. The van der Waals surface area contributed by atoms with Crippen molar-refractivity contribution < 1.29 is 14.0 Å². The second-order valence-electron chi connectivity index (χ2n) is 6.92. The van der Waals surface area contributed by atoms with Gasteiger partial charge in [-0.2, -0.15) is 0 Å². The van der Waals surface area contributed by atoms with E-state index in [9.17, 15) is 0 Å². The van der Waals surface area contributed by atoms with E-state index in [0.29, 0.717) is 19.0 Å². The number of guanidine groups is 1. The molecule has 3 rings (SSSR count). The molecule has 0 spiro atoms. The Hall–Kier alpha value is -1.97. The molecule has 0 bridgehead atoms. The number of nitrogens with zero attached hydrogens (tertiary/aromatic N) is 2. The number of methoxy groups -OCH3 is 1. The lowest BCUT2D eigenvalue weighted by Crippen LogP contribution is -2.36. The van der Waals surface area contributed by atoms with Gasteiger partial charge in [-0.05, 0) is 25.5 Å². The lowest BCUT2D eigenvalue weighted by Gasteiger charge is -2.15. The molecule has 8 heteroatoms. The van der Waals surface area contributed by atoms with Crippen molar-refractivity contribution in [3.8, 4) is 11.5 Å². The highest BCUT2D eigenvalue weighted by Gasteiger charge is 2.22. The minimum atomic E-state index is 0. The Bertz CT molecular complexity index is 829. The molecule has 2 heterocycles. The third kappa shape index (κ3) is 5.34. The molecule has 2 N–H and O–H groups in total. The molecule has 2 aromatic rings. The average molecular weight is 514 g/mol. The Morgan fingerprint density at radius 2 is 2.00 bits per heavy atom. The van der Waals surface area contributed by atoms with Crippen molar-refractivity contribution in [1.82, 2.24) is 15.8 Å². The molecular weight excluding hydrogens is 483 g/mol. The fraction of sp³-hybridized carbons (Fsp3) is 0.524. The molecule has 0 aliphatic carbocycles. The minimum absolute atomic E-state index is 0. The number of fused-ring (bicyclic) bond motifs is 1. The second kappa shape index (κ2) is 10.7. The van der Waals surface area contributed by atoms with Crippen LogP contribution in [0.5, 0.6) is 11.5 Å². The summed E-state index contributed by atoms with van der Waals surface area (Å²) in [5.74, 6) is 3.44. The van der Waals surface area contributed by atoms with Crippen molar-refractivity contribution in [1.29, 1.82) is 0 Å². The van der Waals surface area contributed by atoms with Gasteiger partial charge in [0.2, 0.25) is 0 Å². The fourth-order valence-corrected chi connectivity index (χ4v) is 3.52.